The monoisotopic (exact) mass is 404 g/mol. The first kappa shape index (κ1) is 19.2. The summed E-state index contributed by atoms with van der Waals surface area (Å²) < 4.78 is 39.9. The number of amides is 1. The molecule has 10 heteroatoms. The number of aromatic nitrogens is 4. The van der Waals surface area contributed by atoms with Crippen LogP contribution in [0.1, 0.15) is 36.3 Å². The molecule has 3 aromatic rings. The first-order valence-corrected chi connectivity index (χ1v) is 9.26. The van der Waals surface area contributed by atoms with Crippen molar-refractivity contribution < 1.29 is 18.0 Å². The van der Waals surface area contributed by atoms with Gasteiger partial charge in [-0.05, 0) is 37.5 Å². The van der Waals surface area contributed by atoms with E-state index < -0.39 is 12.0 Å². The van der Waals surface area contributed by atoms with Crippen molar-refractivity contribution in [1.82, 2.24) is 19.6 Å². The highest BCUT2D eigenvalue weighted by atomic mass is 19.4. The second-order valence-corrected chi connectivity index (χ2v) is 6.95. The minimum absolute atomic E-state index is 0.107. The summed E-state index contributed by atoms with van der Waals surface area (Å²) in [6, 6.07) is 9.15. The molecule has 29 heavy (non-hydrogen) atoms. The maximum absolute atomic E-state index is 12.9. The average molecular weight is 404 g/mol. The summed E-state index contributed by atoms with van der Waals surface area (Å²) in [5.41, 5.74) is 2.23. The molecular weight excluding hydrogens is 385 g/mol. The number of rotatable bonds is 4. The third-order valence-electron chi connectivity index (χ3n) is 4.71. The Kier molecular flexibility index (Phi) is 4.85. The van der Waals surface area contributed by atoms with Crippen LogP contribution in [-0.2, 0) is 17.5 Å². The topological polar surface area (TPSA) is 75.4 Å². The molecule has 1 fully saturated rings. The number of nitrogens with zero attached hydrogens (tertiary/aromatic N) is 5. The third kappa shape index (κ3) is 4.01. The van der Waals surface area contributed by atoms with Crippen LogP contribution >= 0.6 is 0 Å². The highest BCUT2D eigenvalue weighted by Gasteiger charge is 2.36. The van der Waals surface area contributed by atoms with Gasteiger partial charge in [0.15, 0.2) is 0 Å². The van der Waals surface area contributed by atoms with Gasteiger partial charge in [0.25, 0.3) is 11.6 Å². The number of carbonyl (C=O) groups excluding carboxylic acids is 1. The first-order valence-electron chi connectivity index (χ1n) is 9.26. The van der Waals surface area contributed by atoms with Crippen LogP contribution in [0, 0.1) is 6.92 Å². The number of aryl methyl sites for hydroxylation is 1. The summed E-state index contributed by atoms with van der Waals surface area (Å²) >= 11 is 0. The fraction of sp³-hybridized carbons (Fsp3) is 0.368. The predicted octanol–water partition coefficient (Wildman–Crippen LogP) is 3.58. The summed E-state index contributed by atoms with van der Waals surface area (Å²) in [5.74, 6) is -0.887. The summed E-state index contributed by atoms with van der Waals surface area (Å²) in [7, 11) is 0. The van der Waals surface area contributed by atoms with E-state index in [-0.39, 0.29) is 11.7 Å². The van der Waals surface area contributed by atoms with E-state index in [0.717, 1.165) is 28.6 Å². The molecule has 7 nitrogen and oxygen atoms in total. The lowest BCUT2D eigenvalue weighted by atomic mass is 10.1. The Morgan fingerprint density at radius 1 is 1.17 bits per heavy atom. The fourth-order valence-corrected chi connectivity index (χ4v) is 3.34. The van der Waals surface area contributed by atoms with E-state index in [1.807, 2.05) is 24.3 Å². The van der Waals surface area contributed by atoms with E-state index in [9.17, 15) is 18.0 Å². The van der Waals surface area contributed by atoms with E-state index in [0.29, 0.717) is 31.0 Å². The van der Waals surface area contributed by atoms with Crippen molar-refractivity contribution in [3.8, 4) is 0 Å². The third-order valence-corrected chi connectivity index (χ3v) is 4.71. The highest BCUT2D eigenvalue weighted by molar-refractivity contribution is 5.94. The largest absolute Gasteiger partial charge is 0.453 e. The van der Waals surface area contributed by atoms with E-state index in [1.165, 1.54) is 0 Å². The molecule has 0 radical (unpaired) electrons. The molecule has 0 atom stereocenters. The van der Waals surface area contributed by atoms with Crippen molar-refractivity contribution in [2.45, 2.75) is 38.9 Å². The van der Waals surface area contributed by atoms with Crippen LogP contribution in [0.2, 0.25) is 0 Å². The Morgan fingerprint density at radius 3 is 2.76 bits per heavy atom. The molecule has 1 N–H and O–H groups in total. The van der Waals surface area contributed by atoms with Gasteiger partial charge in [-0.2, -0.15) is 22.7 Å². The number of piperidine rings is 1. The van der Waals surface area contributed by atoms with Gasteiger partial charge < -0.3 is 10.2 Å². The molecule has 0 spiro atoms. The Hall–Kier alpha value is -3.17. The molecule has 1 saturated heterocycles. The van der Waals surface area contributed by atoms with E-state index in [4.69, 9.17) is 0 Å². The standard InChI is InChI=1S/C19H19F3N6O/c1-12-9-15(28-18(24-12)25-17(26-28)19(20,21)22)23-11-13-5-4-6-14(10-13)27-8-3-2-7-16(27)29/h4-6,9-10,23H,2-3,7-8,11H2,1H3. The van der Waals surface area contributed by atoms with Crippen LogP contribution < -0.4 is 10.2 Å². The van der Waals surface area contributed by atoms with Crippen molar-refractivity contribution >= 4 is 23.2 Å². The maximum atomic E-state index is 12.9. The molecule has 4 rings (SSSR count). The number of halogens is 3. The number of nitrogens with one attached hydrogen (secondary N) is 1. The van der Waals surface area contributed by atoms with E-state index in [1.54, 1.807) is 17.9 Å². The molecule has 1 aliphatic heterocycles. The van der Waals surface area contributed by atoms with Crippen molar-refractivity contribution in [2.75, 3.05) is 16.8 Å². The van der Waals surface area contributed by atoms with E-state index in [2.05, 4.69) is 20.4 Å². The van der Waals surface area contributed by atoms with Crippen LogP contribution in [0.3, 0.4) is 0 Å². The van der Waals surface area contributed by atoms with Crippen molar-refractivity contribution in [3.05, 3.63) is 47.4 Å². The van der Waals surface area contributed by atoms with Gasteiger partial charge in [-0.1, -0.05) is 12.1 Å². The van der Waals surface area contributed by atoms with Gasteiger partial charge in [0.2, 0.25) is 5.91 Å². The zero-order chi connectivity index (χ0) is 20.6. The lowest BCUT2D eigenvalue weighted by Crippen LogP contribution is -2.35. The molecule has 3 heterocycles. The van der Waals surface area contributed by atoms with Gasteiger partial charge >= 0.3 is 6.18 Å². The van der Waals surface area contributed by atoms with Crippen molar-refractivity contribution in [1.29, 1.82) is 0 Å². The minimum Gasteiger partial charge on any atom is -0.366 e. The molecule has 0 unspecified atom stereocenters. The summed E-state index contributed by atoms with van der Waals surface area (Å²) in [5, 5.41) is 6.64. The number of hydrogen-bond acceptors (Lipinski definition) is 5. The molecule has 1 aliphatic rings. The van der Waals surface area contributed by atoms with Gasteiger partial charge in [0.1, 0.15) is 5.82 Å². The van der Waals surface area contributed by atoms with Crippen LogP contribution in [0.15, 0.2) is 30.3 Å². The van der Waals surface area contributed by atoms with Crippen LogP contribution in [0.5, 0.6) is 0 Å². The maximum Gasteiger partial charge on any atom is 0.453 e. The van der Waals surface area contributed by atoms with Crippen molar-refractivity contribution in [3.63, 3.8) is 0 Å². The van der Waals surface area contributed by atoms with Gasteiger partial charge in [-0.15, -0.1) is 5.10 Å². The molecule has 1 aromatic carbocycles. The molecule has 0 aliphatic carbocycles. The Morgan fingerprint density at radius 2 is 2.00 bits per heavy atom. The van der Waals surface area contributed by atoms with Crippen molar-refractivity contribution in [2.24, 2.45) is 0 Å². The predicted molar refractivity (Wildman–Crippen MR) is 100 cm³/mol. The Labute approximate surface area is 164 Å². The van der Waals surface area contributed by atoms with E-state index >= 15 is 0 Å². The molecule has 2 aromatic heterocycles. The molecule has 0 bridgehead atoms. The lowest BCUT2D eigenvalue weighted by molar-refractivity contribution is -0.144. The second kappa shape index (κ2) is 7.34. The lowest BCUT2D eigenvalue weighted by Gasteiger charge is -2.27. The number of hydrogen-bond donors (Lipinski definition) is 1. The van der Waals surface area contributed by atoms with Gasteiger partial charge in [-0.25, -0.2) is 4.98 Å². The molecule has 1 amide bonds. The van der Waals surface area contributed by atoms with Crippen LogP contribution in [-0.4, -0.2) is 32.0 Å². The summed E-state index contributed by atoms with van der Waals surface area (Å²) in [6.07, 6.45) is -2.22. The fourth-order valence-electron chi connectivity index (χ4n) is 3.34. The first-order chi connectivity index (χ1) is 13.8. The van der Waals surface area contributed by atoms with Crippen LogP contribution in [0.4, 0.5) is 24.7 Å². The number of benzene rings is 1. The number of anilines is 2. The van der Waals surface area contributed by atoms with Gasteiger partial charge in [0.05, 0.1) is 0 Å². The SMILES string of the molecule is Cc1cc(NCc2cccc(N3CCCCC3=O)c2)n2nc(C(F)(F)F)nc2n1. The average Bonchev–Trinajstić information content (AvgIpc) is 3.11. The minimum atomic E-state index is -4.64. The highest BCUT2D eigenvalue weighted by Crippen LogP contribution is 2.27. The van der Waals surface area contributed by atoms with Gasteiger partial charge in [0, 0.05) is 37.0 Å². The Balaban J connectivity index is 1.58. The Bertz CT molecular complexity index is 1060. The summed E-state index contributed by atoms with van der Waals surface area (Å²) in [4.78, 5) is 21.4. The second-order valence-electron chi connectivity index (χ2n) is 6.95. The molecule has 0 saturated carbocycles. The normalized spacial score (nSPS) is 15.2. The molecule has 152 valence electrons. The van der Waals surface area contributed by atoms with Gasteiger partial charge in [-0.3, -0.25) is 4.79 Å². The smallest absolute Gasteiger partial charge is 0.366 e. The number of alkyl halides is 3. The molecular formula is C19H19F3N6O. The number of fused-ring (bicyclic) bond motifs is 1. The zero-order valence-electron chi connectivity index (χ0n) is 15.7. The zero-order valence-corrected chi connectivity index (χ0v) is 15.7. The quantitative estimate of drug-likeness (QED) is 0.719. The summed E-state index contributed by atoms with van der Waals surface area (Å²) in [6.45, 7) is 2.71. The van der Waals surface area contributed by atoms with Crippen LogP contribution in [0.25, 0.3) is 5.78 Å². The number of carbonyl (C=O) groups is 1.